The molecule has 3 rings (SSSR count). The molecule has 0 atom stereocenters. The van der Waals surface area contributed by atoms with Crippen LogP contribution in [0.25, 0.3) is 0 Å². The summed E-state index contributed by atoms with van der Waals surface area (Å²) in [6.45, 7) is 4.70. The lowest BCUT2D eigenvalue weighted by molar-refractivity contribution is 0.0912. The summed E-state index contributed by atoms with van der Waals surface area (Å²) in [6.07, 6.45) is 3.16. The van der Waals surface area contributed by atoms with Gasteiger partial charge >= 0.3 is 0 Å². The van der Waals surface area contributed by atoms with Crippen LogP contribution >= 0.6 is 0 Å². The molecule has 25 heavy (non-hydrogen) atoms. The van der Waals surface area contributed by atoms with Crippen LogP contribution in [0, 0.1) is 5.82 Å². The Kier molecular flexibility index (Phi) is 6.81. The number of ether oxygens (including phenoxy) is 1. The van der Waals surface area contributed by atoms with Crippen LogP contribution in [0.2, 0.25) is 0 Å². The first kappa shape index (κ1) is 18.8. The molecule has 0 saturated heterocycles. The Bertz CT molecular complexity index is 758. The van der Waals surface area contributed by atoms with Crippen molar-refractivity contribution in [1.82, 2.24) is 4.98 Å². The van der Waals surface area contributed by atoms with Crippen LogP contribution in [0.4, 0.5) is 4.39 Å². The molecule has 0 unspecified atom stereocenters. The molecule has 1 aromatic heterocycles. The van der Waals surface area contributed by atoms with E-state index in [1.54, 1.807) is 12.1 Å². The Morgan fingerprint density at radius 2 is 1.92 bits per heavy atom. The van der Waals surface area contributed by atoms with Crippen LogP contribution in [0.3, 0.4) is 0 Å². The van der Waals surface area contributed by atoms with Gasteiger partial charge in [-0.2, -0.15) is 0 Å². The number of aromatic nitrogens is 1. The molecule has 4 nitrogen and oxygen atoms in total. The van der Waals surface area contributed by atoms with E-state index in [1.807, 2.05) is 19.9 Å². The number of Topliss-reactive ketones (excluding diaryl/α,β-unsaturated/α-hetero) is 2. The maximum Gasteiger partial charge on any atom is 0.184 e. The summed E-state index contributed by atoms with van der Waals surface area (Å²) in [6, 6.07) is 7.93. The number of fused-ring (bicyclic) bond motifs is 1. The topological polar surface area (TPSA) is 56.3 Å². The smallest absolute Gasteiger partial charge is 0.184 e. The predicted molar refractivity (Wildman–Crippen MR) is 93.7 cm³/mol. The number of aryl methyl sites for hydroxylation is 1. The first-order valence-electron chi connectivity index (χ1n) is 8.58. The second-order valence-corrected chi connectivity index (χ2v) is 5.45. The zero-order valence-corrected chi connectivity index (χ0v) is 14.5. The van der Waals surface area contributed by atoms with Gasteiger partial charge in [0.15, 0.2) is 17.4 Å². The second kappa shape index (κ2) is 9.06. The van der Waals surface area contributed by atoms with Crippen molar-refractivity contribution < 1.29 is 18.7 Å². The summed E-state index contributed by atoms with van der Waals surface area (Å²) in [4.78, 5) is 27.9. The molecule has 1 aliphatic rings. The van der Waals surface area contributed by atoms with Gasteiger partial charge < -0.3 is 4.74 Å². The molecule has 0 saturated carbocycles. The minimum atomic E-state index is -0.657. The van der Waals surface area contributed by atoms with Crippen molar-refractivity contribution in [2.75, 3.05) is 6.61 Å². The number of pyridine rings is 1. The molecule has 2 heterocycles. The fourth-order valence-corrected chi connectivity index (χ4v) is 2.61. The molecular weight excluding hydrogens is 321 g/mol. The lowest BCUT2D eigenvalue weighted by Crippen LogP contribution is -2.11. The van der Waals surface area contributed by atoms with Gasteiger partial charge in [0.2, 0.25) is 0 Å². The summed E-state index contributed by atoms with van der Waals surface area (Å²) >= 11 is 0. The van der Waals surface area contributed by atoms with Crippen molar-refractivity contribution in [2.45, 2.75) is 39.5 Å². The number of rotatable bonds is 5. The Morgan fingerprint density at radius 3 is 2.68 bits per heavy atom. The van der Waals surface area contributed by atoms with Crippen molar-refractivity contribution in [3.05, 3.63) is 59.2 Å². The highest BCUT2D eigenvalue weighted by Gasteiger charge is 2.17. The standard InChI is InChI=1S/C18H16FNO3.C2H6/c19-14-4-1-9-20-18(14)16(22)7-6-15(21)12-5-8-17-13(11-12)3-2-10-23-17;1-2/h1,4-5,8-9,11H,2-3,6-7,10H2;1-2H3. The van der Waals surface area contributed by atoms with Gasteiger partial charge in [0.05, 0.1) is 6.61 Å². The lowest BCUT2D eigenvalue weighted by atomic mass is 9.98. The average molecular weight is 343 g/mol. The number of benzene rings is 1. The molecule has 0 amide bonds. The molecule has 0 spiro atoms. The molecule has 0 bridgehead atoms. The zero-order chi connectivity index (χ0) is 18.2. The van der Waals surface area contributed by atoms with E-state index in [4.69, 9.17) is 4.74 Å². The van der Waals surface area contributed by atoms with E-state index in [2.05, 4.69) is 4.98 Å². The molecule has 1 aliphatic heterocycles. The van der Waals surface area contributed by atoms with E-state index in [0.717, 1.165) is 24.2 Å². The van der Waals surface area contributed by atoms with E-state index < -0.39 is 11.6 Å². The third kappa shape index (κ3) is 4.72. The first-order valence-corrected chi connectivity index (χ1v) is 8.58. The fourth-order valence-electron chi connectivity index (χ4n) is 2.61. The number of halogens is 1. The summed E-state index contributed by atoms with van der Waals surface area (Å²) < 4.78 is 19.0. The molecule has 0 radical (unpaired) electrons. The molecule has 0 aliphatic carbocycles. The maximum absolute atomic E-state index is 13.5. The molecule has 0 fully saturated rings. The molecule has 5 heteroatoms. The minimum absolute atomic E-state index is 0.0362. The van der Waals surface area contributed by atoms with E-state index in [1.165, 1.54) is 18.3 Å². The monoisotopic (exact) mass is 343 g/mol. The number of hydrogen-bond acceptors (Lipinski definition) is 4. The maximum atomic E-state index is 13.5. The van der Waals surface area contributed by atoms with Crippen molar-refractivity contribution >= 4 is 11.6 Å². The summed E-state index contributed by atoms with van der Waals surface area (Å²) in [5, 5.41) is 0. The highest BCUT2D eigenvalue weighted by molar-refractivity contribution is 6.01. The third-order valence-electron chi connectivity index (χ3n) is 3.83. The SMILES string of the molecule is CC.O=C(CCC(=O)c1ncccc1F)c1ccc2c(c1)CCCO2. The number of nitrogens with zero attached hydrogens (tertiary/aromatic N) is 1. The van der Waals surface area contributed by atoms with Crippen LogP contribution in [-0.4, -0.2) is 23.2 Å². The second-order valence-electron chi connectivity index (χ2n) is 5.45. The van der Waals surface area contributed by atoms with Crippen LogP contribution in [0.15, 0.2) is 36.5 Å². The molecule has 132 valence electrons. The lowest BCUT2D eigenvalue weighted by Gasteiger charge is -2.17. The largest absolute Gasteiger partial charge is 0.493 e. The third-order valence-corrected chi connectivity index (χ3v) is 3.83. The highest BCUT2D eigenvalue weighted by Crippen LogP contribution is 2.26. The number of carbonyl (C=O) groups excluding carboxylic acids is 2. The predicted octanol–water partition coefficient (Wildman–Crippen LogP) is 4.42. The number of ketones is 2. The van der Waals surface area contributed by atoms with Crippen LogP contribution in [-0.2, 0) is 6.42 Å². The van der Waals surface area contributed by atoms with Gasteiger partial charge in [-0.25, -0.2) is 4.39 Å². The van der Waals surface area contributed by atoms with E-state index in [9.17, 15) is 14.0 Å². The molecule has 1 aromatic carbocycles. The highest BCUT2D eigenvalue weighted by atomic mass is 19.1. The van der Waals surface area contributed by atoms with Crippen LogP contribution < -0.4 is 4.74 Å². The van der Waals surface area contributed by atoms with Crippen LogP contribution in [0.1, 0.15) is 59.5 Å². The van der Waals surface area contributed by atoms with Crippen molar-refractivity contribution in [1.29, 1.82) is 0 Å². The van der Waals surface area contributed by atoms with Crippen molar-refractivity contribution in [3.63, 3.8) is 0 Å². The van der Waals surface area contributed by atoms with Gasteiger partial charge in [-0.15, -0.1) is 0 Å². The van der Waals surface area contributed by atoms with Gasteiger partial charge in [-0.05, 0) is 48.7 Å². The fraction of sp³-hybridized carbons (Fsp3) is 0.350. The Balaban J connectivity index is 0.00000109. The zero-order valence-electron chi connectivity index (χ0n) is 14.5. The Morgan fingerprint density at radius 1 is 1.16 bits per heavy atom. The van der Waals surface area contributed by atoms with E-state index in [-0.39, 0.29) is 24.3 Å². The normalized spacial score (nSPS) is 12.3. The van der Waals surface area contributed by atoms with Gasteiger partial charge in [0.1, 0.15) is 11.4 Å². The van der Waals surface area contributed by atoms with Gasteiger partial charge in [-0.3, -0.25) is 14.6 Å². The van der Waals surface area contributed by atoms with Crippen molar-refractivity contribution in [3.8, 4) is 5.75 Å². The minimum Gasteiger partial charge on any atom is -0.493 e. The number of carbonyl (C=O) groups is 2. The summed E-state index contributed by atoms with van der Waals surface area (Å²) in [5.74, 6) is -0.434. The quantitative estimate of drug-likeness (QED) is 0.754. The molecule has 0 N–H and O–H groups in total. The van der Waals surface area contributed by atoms with Gasteiger partial charge in [0.25, 0.3) is 0 Å². The average Bonchev–Trinajstić information content (AvgIpc) is 2.67. The van der Waals surface area contributed by atoms with E-state index >= 15 is 0 Å². The van der Waals surface area contributed by atoms with Gasteiger partial charge in [0, 0.05) is 24.6 Å². The first-order chi connectivity index (χ1) is 12.1. The van der Waals surface area contributed by atoms with Gasteiger partial charge in [-0.1, -0.05) is 13.8 Å². The molecule has 2 aromatic rings. The van der Waals surface area contributed by atoms with Crippen molar-refractivity contribution in [2.24, 2.45) is 0 Å². The van der Waals surface area contributed by atoms with Crippen LogP contribution in [0.5, 0.6) is 5.75 Å². The summed E-state index contributed by atoms with van der Waals surface area (Å²) in [7, 11) is 0. The summed E-state index contributed by atoms with van der Waals surface area (Å²) in [5.41, 5.74) is 1.37. The Labute approximate surface area is 147 Å². The molecular formula is C20H22FNO3. The Hall–Kier alpha value is -2.56. The number of hydrogen-bond donors (Lipinski definition) is 0. The van der Waals surface area contributed by atoms with E-state index in [0.29, 0.717) is 12.2 Å².